The van der Waals surface area contributed by atoms with Crippen LogP contribution in [-0.4, -0.2) is 37.6 Å². The van der Waals surface area contributed by atoms with Crippen LogP contribution < -0.4 is 20.7 Å². The van der Waals surface area contributed by atoms with E-state index in [-0.39, 0.29) is 30.4 Å². The number of terminal acetylenes is 1. The van der Waals surface area contributed by atoms with E-state index < -0.39 is 11.9 Å². The molecule has 2 aromatic rings. The zero-order chi connectivity index (χ0) is 27.5. The second-order valence-electron chi connectivity index (χ2n) is 8.62. The van der Waals surface area contributed by atoms with E-state index in [9.17, 15) is 14.0 Å². The van der Waals surface area contributed by atoms with Crippen LogP contribution in [0.5, 0.6) is 5.75 Å². The summed E-state index contributed by atoms with van der Waals surface area (Å²) in [7, 11) is 0. The van der Waals surface area contributed by atoms with Crippen molar-refractivity contribution in [3.8, 4) is 18.1 Å². The van der Waals surface area contributed by atoms with Crippen molar-refractivity contribution < 1.29 is 18.7 Å². The van der Waals surface area contributed by atoms with Gasteiger partial charge in [-0.3, -0.25) is 9.59 Å². The van der Waals surface area contributed by atoms with Crippen molar-refractivity contribution >= 4 is 11.8 Å². The molecule has 2 aromatic carbocycles. The Bertz CT molecular complexity index is 1000. The molecule has 2 rings (SSSR count). The SMILES string of the molecule is C#CCC(NC(=O)CCCCOc1ccc(C)cc1F)C(=O)NCC.CCNCc1cccc(CC)c1. The van der Waals surface area contributed by atoms with Gasteiger partial charge < -0.3 is 20.7 Å². The first-order valence-electron chi connectivity index (χ1n) is 13.0. The minimum absolute atomic E-state index is 0.146. The number of carbonyl (C=O) groups is 2. The number of carbonyl (C=O) groups excluding carboxylic acids is 2. The van der Waals surface area contributed by atoms with Crippen molar-refractivity contribution in [1.29, 1.82) is 0 Å². The smallest absolute Gasteiger partial charge is 0.243 e. The molecule has 7 heteroatoms. The van der Waals surface area contributed by atoms with Gasteiger partial charge in [-0.15, -0.1) is 12.3 Å². The Kier molecular flexibility index (Phi) is 16.1. The maximum Gasteiger partial charge on any atom is 0.243 e. The largest absolute Gasteiger partial charge is 0.491 e. The summed E-state index contributed by atoms with van der Waals surface area (Å²) in [5, 5.41) is 8.58. The van der Waals surface area contributed by atoms with Crippen LogP contribution in [0.25, 0.3) is 0 Å². The average Bonchev–Trinajstić information content (AvgIpc) is 2.88. The highest BCUT2D eigenvalue weighted by molar-refractivity contribution is 5.87. The number of hydrogen-bond donors (Lipinski definition) is 3. The van der Waals surface area contributed by atoms with Crippen molar-refractivity contribution in [2.75, 3.05) is 19.7 Å². The molecule has 0 radical (unpaired) electrons. The first kappa shape index (κ1) is 31.7. The molecule has 202 valence electrons. The third kappa shape index (κ3) is 13.5. The fourth-order valence-electron chi connectivity index (χ4n) is 3.41. The normalized spacial score (nSPS) is 10.9. The third-order valence-corrected chi connectivity index (χ3v) is 5.45. The number of aryl methyl sites for hydroxylation is 2. The predicted octanol–water partition coefficient (Wildman–Crippen LogP) is 4.69. The average molecular weight is 512 g/mol. The Morgan fingerprint density at radius 3 is 2.46 bits per heavy atom. The van der Waals surface area contributed by atoms with Crippen LogP contribution in [0, 0.1) is 25.1 Å². The van der Waals surface area contributed by atoms with Gasteiger partial charge in [-0.25, -0.2) is 4.39 Å². The Labute approximate surface area is 221 Å². The van der Waals surface area contributed by atoms with Gasteiger partial charge >= 0.3 is 0 Å². The van der Waals surface area contributed by atoms with Crippen molar-refractivity contribution in [3.63, 3.8) is 0 Å². The van der Waals surface area contributed by atoms with E-state index in [1.807, 2.05) is 0 Å². The number of unbranched alkanes of at least 4 members (excludes halogenated alkanes) is 1. The zero-order valence-electron chi connectivity index (χ0n) is 22.7. The second kappa shape index (κ2) is 18.8. The number of rotatable bonds is 14. The minimum Gasteiger partial charge on any atom is -0.491 e. The summed E-state index contributed by atoms with van der Waals surface area (Å²) < 4.78 is 19.0. The summed E-state index contributed by atoms with van der Waals surface area (Å²) in [5.41, 5.74) is 3.64. The van der Waals surface area contributed by atoms with Gasteiger partial charge in [0.15, 0.2) is 11.6 Å². The van der Waals surface area contributed by atoms with Gasteiger partial charge in [0.05, 0.1) is 6.61 Å². The van der Waals surface area contributed by atoms with Crippen LogP contribution >= 0.6 is 0 Å². The van der Waals surface area contributed by atoms with E-state index in [0.29, 0.717) is 26.0 Å². The summed E-state index contributed by atoms with van der Waals surface area (Å²) in [6, 6.07) is 12.8. The Balaban J connectivity index is 0.000000474. The standard InChI is InChI=1S/C19H25FN2O3.C11H17N/c1-4-8-16(19(24)21-5-2)22-18(23)9-6-7-12-25-17-11-10-14(3)13-15(17)20;1-3-10-6-5-7-11(8-10)9-12-4-2/h1,10-11,13,16H,5-9,12H2,2-3H3,(H,21,24)(H,22,23);5-8,12H,3-4,9H2,1-2H3. The number of hydrogen-bond acceptors (Lipinski definition) is 4. The van der Waals surface area contributed by atoms with Crippen molar-refractivity contribution in [2.24, 2.45) is 0 Å². The maximum absolute atomic E-state index is 13.6. The van der Waals surface area contributed by atoms with E-state index in [2.05, 4.69) is 60.0 Å². The van der Waals surface area contributed by atoms with Crippen LogP contribution in [0.4, 0.5) is 4.39 Å². The fraction of sp³-hybridized carbons (Fsp3) is 0.467. The molecule has 0 saturated carbocycles. The first-order chi connectivity index (χ1) is 17.8. The Morgan fingerprint density at radius 1 is 1.05 bits per heavy atom. The van der Waals surface area contributed by atoms with Crippen LogP contribution in [0.15, 0.2) is 42.5 Å². The lowest BCUT2D eigenvalue weighted by atomic mass is 10.1. The molecular formula is C30H42FN3O3. The number of nitrogens with one attached hydrogen (secondary N) is 3. The van der Waals surface area contributed by atoms with E-state index >= 15 is 0 Å². The highest BCUT2D eigenvalue weighted by Gasteiger charge is 2.18. The predicted molar refractivity (Wildman–Crippen MR) is 148 cm³/mol. The summed E-state index contributed by atoms with van der Waals surface area (Å²) in [4.78, 5) is 23.7. The van der Waals surface area contributed by atoms with Crippen LogP contribution in [0.1, 0.15) is 63.1 Å². The molecule has 0 aromatic heterocycles. The van der Waals surface area contributed by atoms with E-state index in [1.165, 1.54) is 17.2 Å². The molecule has 37 heavy (non-hydrogen) atoms. The lowest BCUT2D eigenvalue weighted by Crippen LogP contribution is -2.46. The van der Waals surface area contributed by atoms with Gasteiger partial charge in [-0.2, -0.15) is 0 Å². The van der Waals surface area contributed by atoms with Crippen LogP contribution in [0.2, 0.25) is 0 Å². The number of benzene rings is 2. The van der Waals surface area contributed by atoms with Gasteiger partial charge in [0.2, 0.25) is 11.8 Å². The molecule has 1 unspecified atom stereocenters. The molecule has 0 aliphatic heterocycles. The van der Waals surface area contributed by atoms with Gasteiger partial charge in [0.25, 0.3) is 0 Å². The van der Waals surface area contributed by atoms with Gasteiger partial charge in [-0.05, 0) is 68.5 Å². The molecule has 3 N–H and O–H groups in total. The topological polar surface area (TPSA) is 79.5 Å². The lowest BCUT2D eigenvalue weighted by Gasteiger charge is -2.15. The third-order valence-electron chi connectivity index (χ3n) is 5.45. The molecule has 0 spiro atoms. The van der Waals surface area contributed by atoms with Crippen LogP contribution in [0.3, 0.4) is 0 Å². The Hall–Kier alpha value is -3.37. The van der Waals surface area contributed by atoms with Crippen molar-refractivity contribution in [3.05, 3.63) is 65.0 Å². The summed E-state index contributed by atoms with van der Waals surface area (Å²) in [6.45, 7) is 10.7. The molecule has 0 aliphatic carbocycles. The second-order valence-corrected chi connectivity index (χ2v) is 8.62. The van der Waals surface area contributed by atoms with E-state index in [4.69, 9.17) is 11.2 Å². The quantitative estimate of drug-likeness (QED) is 0.254. The fourth-order valence-corrected chi connectivity index (χ4v) is 3.41. The van der Waals surface area contributed by atoms with Crippen molar-refractivity contribution in [2.45, 2.75) is 72.4 Å². The highest BCUT2D eigenvalue weighted by atomic mass is 19.1. The van der Waals surface area contributed by atoms with E-state index in [0.717, 1.165) is 25.1 Å². The number of halogens is 1. The molecule has 0 heterocycles. The van der Waals surface area contributed by atoms with Gasteiger partial charge in [0.1, 0.15) is 6.04 Å². The van der Waals surface area contributed by atoms with Crippen LogP contribution in [-0.2, 0) is 22.6 Å². The van der Waals surface area contributed by atoms with Gasteiger partial charge in [0, 0.05) is 25.9 Å². The summed E-state index contributed by atoms with van der Waals surface area (Å²) >= 11 is 0. The molecule has 0 saturated heterocycles. The first-order valence-corrected chi connectivity index (χ1v) is 13.0. The summed E-state index contributed by atoms with van der Waals surface area (Å²) in [6.07, 6.45) is 7.91. The zero-order valence-corrected chi connectivity index (χ0v) is 22.7. The number of ether oxygens (including phenoxy) is 1. The maximum atomic E-state index is 13.6. The highest BCUT2D eigenvalue weighted by Crippen LogP contribution is 2.18. The molecule has 6 nitrogen and oxygen atoms in total. The van der Waals surface area contributed by atoms with Crippen molar-refractivity contribution in [1.82, 2.24) is 16.0 Å². The number of likely N-dealkylation sites (N-methyl/N-ethyl adjacent to an activating group) is 1. The monoisotopic (exact) mass is 511 g/mol. The summed E-state index contributed by atoms with van der Waals surface area (Å²) in [5.74, 6) is 1.67. The minimum atomic E-state index is -0.713. The molecule has 0 bridgehead atoms. The molecule has 0 aliphatic rings. The molecule has 1 atom stereocenters. The molecule has 2 amide bonds. The molecular weight excluding hydrogens is 469 g/mol. The van der Waals surface area contributed by atoms with Gasteiger partial charge in [-0.1, -0.05) is 44.2 Å². The Morgan fingerprint density at radius 2 is 1.81 bits per heavy atom. The number of amides is 2. The lowest BCUT2D eigenvalue weighted by molar-refractivity contribution is -0.128. The molecule has 0 fully saturated rings. The van der Waals surface area contributed by atoms with E-state index in [1.54, 1.807) is 26.0 Å².